The summed E-state index contributed by atoms with van der Waals surface area (Å²) in [5.41, 5.74) is 0.941. The highest BCUT2D eigenvalue weighted by molar-refractivity contribution is 7.92. The van der Waals surface area contributed by atoms with Crippen LogP contribution in [0.1, 0.15) is 31.1 Å². The maximum absolute atomic E-state index is 12.6. The second-order valence-electron chi connectivity index (χ2n) is 6.46. The Kier molecular flexibility index (Phi) is 6.57. The molecule has 2 amide bonds. The lowest BCUT2D eigenvalue weighted by atomic mass is 10.1. The summed E-state index contributed by atoms with van der Waals surface area (Å²) < 4.78 is 27.7. The van der Waals surface area contributed by atoms with Crippen LogP contribution in [-0.4, -0.2) is 26.8 Å². The zero-order chi connectivity index (χ0) is 20.0. The zero-order valence-corrected chi connectivity index (χ0v) is 16.3. The Morgan fingerprint density at radius 2 is 1.63 bits per heavy atom. The van der Waals surface area contributed by atoms with Crippen LogP contribution in [0, 0.1) is 5.92 Å². The number of anilines is 2. The van der Waals surface area contributed by atoms with Gasteiger partial charge < -0.3 is 10.6 Å². The smallest absolute Gasteiger partial charge is 0.261 e. The largest absolute Gasteiger partial charge is 0.352 e. The Hall–Kier alpha value is -2.87. The Morgan fingerprint density at radius 1 is 1.00 bits per heavy atom. The van der Waals surface area contributed by atoms with Crippen molar-refractivity contribution in [2.45, 2.75) is 25.7 Å². The van der Waals surface area contributed by atoms with Crippen LogP contribution < -0.4 is 15.4 Å². The highest BCUT2D eigenvalue weighted by Crippen LogP contribution is 2.21. The number of benzene rings is 2. The first kappa shape index (κ1) is 20.4. The number of amides is 2. The molecule has 2 aromatic carbocycles. The van der Waals surface area contributed by atoms with E-state index in [-0.39, 0.29) is 33.9 Å². The highest BCUT2D eigenvalue weighted by atomic mass is 32.2. The summed E-state index contributed by atoms with van der Waals surface area (Å²) in [6.07, 6.45) is 0. The Morgan fingerprint density at radius 3 is 2.22 bits per heavy atom. The SMILES string of the molecule is CC(=O)Nc1ccc(S(=O)(=O)Nc2ccccc2C(=O)NCC(C)C)cc1. The lowest BCUT2D eigenvalue weighted by molar-refractivity contribution is -0.114. The second-order valence-corrected chi connectivity index (χ2v) is 8.14. The van der Waals surface area contributed by atoms with Crippen molar-refractivity contribution in [2.75, 3.05) is 16.6 Å². The molecule has 3 N–H and O–H groups in total. The summed E-state index contributed by atoms with van der Waals surface area (Å²) >= 11 is 0. The van der Waals surface area contributed by atoms with Crippen molar-refractivity contribution in [1.29, 1.82) is 0 Å². The van der Waals surface area contributed by atoms with Crippen molar-refractivity contribution in [1.82, 2.24) is 5.32 Å². The molecule has 2 aromatic rings. The van der Waals surface area contributed by atoms with Crippen molar-refractivity contribution in [3.63, 3.8) is 0 Å². The minimum absolute atomic E-state index is 0.0222. The molecule has 144 valence electrons. The minimum atomic E-state index is -3.89. The third-order valence-electron chi connectivity index (χ3n) is 3.57. The van der Waals surface area contributed by atoms with Crippen molar-refractivity contribution in [3.8, 4) is 0 Å². The predicted molar refractivity (Wildman–Crippen MR) is 105 cm³/mol. The molecule has 0 aliphatic rings. The van der Waals surface area contributed by atoms with Crippen molar-refractivity contribution in [3.05, 3.63) is 54.1 Å². The Balaban J connectivity index is 2.22. The molecule has 0 aromatic heterocycles. The number of hydrogen-bond donors (Lipinski definition) is 3. The Labute approximate surface area is 159 Å². The van der Waals surface area contributed by atoms with Gasteiger partial charge in [0.1, 0.15) is 0 Å². The normalized spacial score (nSPS) is 11.1. The molecule has 0 fully saturated rings. The average molecular weight is 389 g/mol. The van der Waals surface area contributed by atoms with Crippen molar-refractivity contribution < 1.29 is 18.0 Å². The monoisotopic (exact) mass is 389 g/mol. The molecular weight excluding hydrogens is 366 g/mol. The fourth-order valence-corrected chi connectivity index (χ4v) is 3.37. The van der Waals surface area contributed by atoms with Crippen LogP contribution in [0.25, 0.3) is 0 Å². The van der Waals surface area contributed by atoms with Crippen molar-refractivity contribution >= 4 is 33.2 Å². The van der Waals surface area contributed by atoms with Crippen molar-refractivity contribution in [2.24, 2.45) is 5.92 Å². The fourth-order valence-electron chi connectivity index (χ4n) is 2.29. The standard InChI is InChI=1S/C19H23N3O4S/c1-13(2)12-20-19(24)17-6-4-5-7-18(17)22-27(25,26)16-10-8-15(9-11-16)21-14(3)23/h4-11,13,22H,12H2,1-3H3,(H,20,24)(H,21,23). The molecule has 0 saturated carbocycles. The summed E-state index contributed by atoms with van der Waals surface area (Å²) in [4.78, 5) is 23.4. The minimum Gasteiger partial charge on any atom is -0.352 e. The van der Waals surface area contributed by atoms with E-state index in [4.69, 9.17) is 0 Å². The van der Waals surface area contributed by atoms with Crippen LogP contribution in [0.15, 0.2) is 53.4 Å². The first-order chi connectivity index (χ1) is 12.7. The molecule has 0 bridgehead atoms. The van der Waals surface area contributed by atoms with E-state index in [1.165, 1.54) is 37.3 Å². The van der Waals surface area contributed by atoms with Gasteiger partial charge in [0.25, 0.3) is 15.9 Å². The maximum atomic E-state index is 12.6. The van der Waals surface area contributed by atoms with Crippen LogP contribution in [0.3, 0.4) is 0 Å². The topological polar surface area (TPSA) is 104 Å². The molecule has 0 atom stereocenters. The van der Waals surface area contributed by atoms with Crippen LogP contribution in [0.2, 0.25) is 0 Å². The van der Waals surface area contributed by atoms with Gasteiger partial charge in [0.15, 0.2) is 0 Å². The molecule has 27 heavy (non-hydrogen) atoms. The summed E-state index contributed by atoms with van der Waals surface area (Å²) in [5.74, 6) is -0.312. The molecule has 0 spiro atoms. The zero-order valence-electron chi connectivity index (χ0n) is 15.4. The van der Waals surface area contributed by atoms with Gasteiger partial charge in [0, 0.05) is 19.2 Å². The quantitative estimate of drug-likeness (QED) is 0.677. The molecule has 0 heterocycles. The number of carbonyl (C=O) groups is 2. The number of para-hydroxylation sites is 1. The van der Waals surface area contributed by atoms with Gasteiger partial charge in [0.05, 0.1) is 16.1 Å². The van der Waals surface area contributed by atoms with Gasteiger partial charge in [-0.2, -0.15) is 0 Å². The maximum Gasteiger partial charge on any atom is 0.261 e. The molecule has 8 heteroatoms. The second kappa shape index (κ2) is 8.68. The number of carbonyl (C=O) groups excluding carboxylic acids is 2. The van der Waals surface area contributed by atoms with E-state index in [0.29, 0.717) is 12.2 Å². The summed E-state index contributed by atoms with van der Waals surface area (Å²) in [6.45, 7) is 5.80. The van der Waals surface area contributed by atoms with Crippen LogP contribution >= 0.6 is 0 Å². The van der Waals surface area contributed by atoms with Gasteiger partial charge in [-0.05, 0) is 42.3 Å². The molecule has 0 aliphatic heterocycles. The van der Waals surface area contributed by atoms with E-state index < -0.39 is 10.0 Å². The van der Waals surface area contributed by atoms with E-state index >= 15 is 0 Å². The van der Waals surface area contributed by atoms with E-state index in [9.17, 15) is 18.0 Å². The molecule has 0 aliphatic carbocycles. The van der Waals surface area contributed by atoms with E-state index in [0.717, 1.165) is 0 Å². The van der Waals surface area contributed by atoms with E-state index in [1.807, 2.05) is 13.8 Å². The van der Waals surface area contributed by atoms with E-state index in [2.05, 4.69) is 15.4 Å². The predicted octanol–water partition coefficient (Wildman–Crippen LogP) is 2.83. The molecule has 0 unspecified atom stereocenters. The van der Waals surface area contributed by atoms with Gasteiger partial charge in [-0.15, -0.1) is 0 Å². The summed E-state index contributed by atoms with van der Waals surface area (Å²) in [5, 5.41) is 5.35. The number of sulfonamides is 1. The van der Waals surface area contributed by atoms with Gasteiger partial charge in [0.2, 0.25) is 5.91 Å². The lowest BCUT2D eigenvalue weighted by Crippen LogP contribution is -2.28. The van der Waals surface area contributed by atoms with E-state index in [1.54, 1.807) is 18.2 Å². The molecule has 0 saturated heterocycles. The van der Waals surface area contributed by atoms with Gasteiger partial charge >= 0.3 is 0 Å². The summed E-state index contributed by atoms with van der Waals surface area (Å²) in [7, 11) is -3.89. The van der Waals surface area contributed by atoms with Crippen LogP contribution in [-0.2, 0) is 14.8 Å². The first-order valence-electron chi connectivity index (χ1n) is 8.47. The number of rotatable bonds is 7. The first-order valence-corrected chi connectivity index (χ1v) is 9.95. The average Bonchev–Trinajstić information content (AvgIpc) is 2.59. The third-order valence-corrected chi connectivity index (χ3v) is 4.95. The molecular formula is C19H23N3O4S. The van der Waals surface area contributed by atoms with Crippen LogP contribution in [0.5, 0.6) is 0 Å². The van der Waals surface area contributed by atoms with Gasteiger partial charge in [-0.25, -0.2) is 8.42 Å². The number of hydrogen-bond acceptors (Lipinski definition) is 4. The molecule has 2 rings (SSSR count). The summed E-state index contributed by atoms with van der Waals surface area (Å²) in [6, 6.07) is 12.2. The molecule has 0 radical (unpaired) electrons. The highest BCUT2D eigenvalue weighted by Gasteiger charge is 2.18. The van der Waals surface area contributed by atoms with Gasteiger partial charge in [-0.1, -0.05) is 26.0 Å². The van der Waals surface area contributed by atoms with Crippen LogP contribution in [0.4, 0.5) is 11.4 Å². The Bertz CT molecular complexity index is 922. The fraction of sp³-hybridized carbons (Fsp3) is 0.263. The number of nitrogens with one attached hydrogen (secondary N) is 3. The third kappa shape index (κ3) is 5.82. The lowest BCUT2D eigenvalue weighted by Gasteiger charge is -2.14. The molecule has 7 nitrogen and oxygen atoms in total. The van der Waals surface area contributed by atoms with Gasteiger partial charge in [-0.3, -0.25) is 14.3 Å².